The molecule has 240 valence electrons. The number of aromatic nitrogens is 3. The number of benzene rings is 7. The molecule has 7 aromatic carbocycles. The van der Waals surface area contributed by atoms with Gasteiger partial charge in [-0.25, -0.2) is 9.97 Å². The smallest absolute Gasteiger partial charge is 0.115 e. The standard InChI is InChI=1S/C47H32N4/c1-3-13-35(14-4-1)47(36-15-5-2-6-16-36)41-18-8-11-21-45(41)51(46-22-12-9-19-42(46)47)38-27-28-44-40(29-38)39-17-7-10-20-43(39)50(44)37-25-23-33(24-26-37)34-30-48-32-49-31-34/h1-32H. The lowest BCUT2D eigenvalue weighted by atomic mass is 9.62. The molecule has 9 aromatic rings. The Morgan fingerprint density at radius 3 is 1.59 bits per heavy atom. The molecular formula is C47H32N4. The molecule has 4 nitrogen and oxygen atoms in total. The first kappa shape index (κ1) is 29.2. The predicted octanol–water partition coefficient (Wildman–Crippen LogP) is 11.4. The Bertz CT molecular complexity index is 2590. The summed E-state index contributed by atoms with van der Waals surface area (Å²) in [5, 5.41) is 2.43. The third-order valence-corrected chi connectivity index (χ3v) is 10.4. The Morgan fingerprint density at radius 1 is 0.412 bits per heavy atom. The van der Waals surface area contributed by atoms with E-state index in [2.05, 4.69) is 195 Å². The van der Waals surface area contributed by atoms with Crippen molar-refractivity contribution < 1.29 is 0 Å². The maximum atomic E-state index is 4.21. The molecule has 0 spiro atoms. The van der Waals surface area contributed by atoms with Crippen LogP contribution in [0, 0.1) is 0 Å². The average Bonchev–Trinajstić information content (AvgIpc) is 3.54. The summed E-state index contributed by atoms with van der Waals surface area (Å²) < 4.78 is 2.37. The molecule has 51 heavy (non-hydrogen) atoms. The van der Waals surface area contributed by atoms with Gasteiger partial charge in [0.25, 0.3) is 0 Å². The topological polar surface area (TPSA) is 34.0 Å². The number of fused-ring (bicyclic) bond motifs is 5. The van der Waals surface area contributed by atoms with Gasteiger partial charge in [-0.2, -0.15) is 0 Å². The van der Waals surface area contributed by atoms with Crippen molar-refractivity contribution in [2.75, 3.05) is 4.90 Å². The van der Waals surface area contributed by atoms with E-state index in [1.54, 1.807) is 6.33 Å². The van der Waals surface area contributed by atoms with Crippen molar-refractivity contribution in [3.8, 4) is 16.8 Å². The summed E-state index contributed by atoms with van der Waals surface area (Å²) in [4.78, 5) is 10.9. The molecule has 4 heteroatoms. The largest absolute Gasteiger partial charge is 0.310 e. The molecule has 3 heterocycles. The lowest BCUT2D eigenvalue weighted by Gasteiger charge is -2.46. The Balaban J connectivity index is 1.19. The first-order valence-electron chi connectivity index (χ1n) is 17.3. The summed E-state index contributed by atoms with van der Waals surface area (Å²) in [7, 11) is 0. The van der Waals surface area contributed by atoms with Gasteiger partial charge in [-0.05, 0) is 76.3 Å². The van der Waals surface area contributed by atoms with E-state index in [1.165, 1.54) is 49.9 Å². The van der Waals surface area contributed by atoms with Crippen LogP contribution in [0.15, 0.2) is 195 Å². The van der Waals surface area contributed by atoms with Gasteiger partial charge < -0.3 is 9.47 Å². The Labute approximate surface area is 296 Å². The lowest BCUT2D eigenvalue weighted by Crippen LogP contribution is -2.37. The van der Waals surface area contributed by atoms with Crippen molar-refractivity contribution in [1.29, 1.82) is 0 Å². The molecule has 0 atom stereocenters. The first-order valence-corrected chi connectivity index (χ1v) is 17.3. The van der Waals surface area contributed by atoms with E-state index in [-0.39, 0.29) is 0 Å². The third kappa shape index (κ3) is 4.40. The second-order valence-corrected chi connectivity index (χ2v) is 13.1. The Hall–Kier alpha value is -6.78. The van der Waals surface area contributed by atoms with Crippen LogP contribution in [0.1, 0.15) is 22.3 Å². The molecule has 0 N–H and O–H groups in total. The van der Waals surface area contributed by atoms with Gasteiger partial charge in [0, 0.05) is 40.1 Å². The van der Waals surface area contributed by atoms with Crippen molar-refractivity contribution in [2.45, 2.75) is 5.41 Å². The molecule has 2 aromatic heterocycles. The number of para-hydroxylation sites is 3. The van der Waals surface area contributed by atoms with Crippen LogP contribution >= 0.6 is 0 Å². The molecule has 0 bridgehead atoms. The second-order valence-electron chi connectivity index (χ2n) is 13.1. The normalized spacial score (nSPS) is 13.2. The maximum Gasteiger partial charge on any atom is 0.115 e. The monoisotopic (exact) mass is 652 g/mol. The second kappa shape index (κ2) is 11.7. The number of hydrogen-bond donors (Lipinski definition) is 0. The highest BCUT2D eigenvalue weighted by Gasteiger charge is 2.46. The van der Waals surface area contributed by atoms with Crippen molar-refractivity contribution in [1.82, 2.24) is 14.5 Å². The highest BCUT2D eigenvalue weighted by molar-refractivity contribution is 6.11. The van der Waals surface area contributed by atoms with Crippen LogP contribution in [0.3, 0.4) is 0 Å². The van der Waals surface area contributed by atoms with Gasteiger partial charge in [0.05, 0.1) is 27.8 Å². The van der Waals surface area contributed by atoms with Gasteiger partial charge >= 0.3 is 0 Å². The molecule has 0 saturated carbocycles. The zero-order chi connectivity index (χ0) is 33.8. The van der Waals surface area contributed by atoms with E-state index in [4.69, 9.17) is 0 Å². The summed E-state index contributed by atoms with van der Waals surface area (Å²) in [5.41, 5.74) is 13.5. The van der Waals surface area contributed by atoms with Crippen LogP contribution in [0.2, 0.25) is 0 Å². The number of nitrogens with zero attached hydrogens (tertiary/aromatic N) is 4. The van der Waals surface area contributed by atoms with Crippen LogP contribution in [0.4, 0.5) is 17.1 Å². The van der Waals surface area contributed by atoms with Crippen molar-refractivity contribution in [3.63, 3.8) is 0 Å². The lowest BCUT2D eigenvalue weighted by molar-refractivity contribution is 0.731. The number of hydrogen-bond acceptors (Lipinski definition) is 3. The zero-order valence-electron chi connectivity index (χ0n) is 27.8. The molecule has 0 radical (unpaired) electrons. The van der Waals surface area contributed by atoms with E-state index >= 15 is 0 Å². The van der Waals surface area contributed by atoms with Gasteiger partial charge in [0.1, 0.15) is 6.33 Å². The Morgan fingerprint density at radius 2 is 0.941 bits per heavy atom. The fraction of sp³-hybridized carbons (Fsp3) is 0.0213. The summed E-state index contributed by atoms with van der Waals surface area (Å²) in [6.45, 7) is 0. The SMILES string of the molecule is c1ccc(C2(c3ccccc3)c3ccccc3N(c3ccc4c(c3)c3ccccc3n4-c3ccc(-c4cncnc4)cc3)c3ccccc32)cc1. The quantitative estimate of drug-likeness (QED) is 0.186. The fourth-order valence-electron chi connectivity index (χ4n) is 8.32. The predicted molar refractivity (Wildman–Crippen MR) is 208 cm³/mol. The van der Waals surface area contributed by atoms with Gasteiger partial charge in [0.2, 0.25) is 0 Å². The number of rotatable bonds is 5. The van der Waals surface area contributed by atoms with Gasteiger partial charge in [0.15, 0.2) is 0 Å². The van der Waals surface area contributed by atoms with Crippen LogP contribution in [-0.2, 0) is 5.41 Å². The molecule has 0 unspecified atom stereocenters. The minimum atomic E-state index is -0.496. The van der Waals surface area contributed by atoms with Gasteiger partial charge in [-0.1, -0.05) is 127 Å². The van der Waals surface area contributed by atoms with E-state index in [0.29, 0.717) is 0 Å². The van der Waals surface area contributed by atoms with Crippen LogP contribution in [-0.4, -0.2) is 14.5 Å². The molecular weight excluding hydrogens is 621 g/mol. The molecule has 1 aliphatic heterocycles. The van der Waals surface area contributed by atoms with E-state index in [0.717, 1.165) is 28.0 Å². The highest BCUT2D eigenvalue weighted by Crippen LogP contribution is 2.57. The highest BCUT2D eigenvalue weighted by atomic mass is 15.2. The summed E-state index contributed by atoms with van der Waals surface area (Å²) >= 11 is 0. The van der Waals surface area contributed by atoms with Crippen LogP contribution in [0.25, 0.3) is 38.6 Å². The summed E-state index contributed by atoms with van der Waals surface area (Å²) in [6, 6.07) is 64.1. The maximum absolute atomic E-state index is 4.21. The zero-order valence-corrected chi connectivity index (χ0v) is 27.8. The number of anilines is 3. The van der Waals surface area contributed by atoms with Gasteiger partial charge in [-0.3, -0.25) is 0 Å². The van der Waals surface area contributed by atoms with Crippen LogP contribution < -0.4 is 4.90 Å². The summed E-state index contributed by atoms with van der Waals surface area (Å²) in [5.74, 6) is 0. The van der Waals surface area contributed by atoms with E-state index in [1.807, 2.05) is 12.4 Å². The Kier molecular flexibility index (Phi) is 6.68. The molecule has 1 aliphatic rings. The first-order chi connectivity index (χ1) is 25.3. The van der Waals surface area contributed by atoms with Crippen molar-refractivity contribution >= 4 is 38.9 Å². The fourth-order valence-corrected chi connectivity index (χ4v) is 8.32. The molecule has 10 rings (SSSR count). The minimum Gasteiger partial charge on any atom is -0.310 e. The average molecular weight is 653 g/mol. The van der Waals surface area contributed by atoms with E-state index < -0.39 is 5.41 Å². The third-order valence-electron chi connectivity index (χ3n) is 10.4. The summed E-state index contributed by atoms with van der Waals surface area (Å²) in [6.07, 6.45) is 5.27. The van der Waals surface area contributed by atoms with E-state index in [9.17, 15) is 0 Å². The van der Waals surface area contributed by atoms with Gasteiger partial charge in [-0.15, -0.1) is 0 Å². The van der Waals surface area contributed by atoms with Crippen LogP contribution in [0.5, 0.6) is 0 Å². The molecule has 0 saturated heterocycles. The van der Waals surface area contributed by atoms with Crippen molar-refractivity contribution in [2.24, 2.45) is 0 Å². The molecule has 0 fully saturated rings. The minimum absolute atomic E-state index is 0.496. The van der Waals surface area contributed by atoms with Crippen molar-refractivity contribution in [3.05, 3.63) is 217 Å². The molecule has 0 aliphatic carbocycles. The molecule has 0 amide bonds.